The number of thiophene rings is 1. The molecule has 32 heavy (non-hydrogen) atoms. The van der Waals surface area contributed by atoms with Gasteiger partial charge in [0.25, 0.3) is 0 Å². The maximum Gasteiger partial charge on any atom is 0.348 e. The predicted octanol–water partition coefficient (Wildman–Crippen LogP) is 6.52. The largest absolute Gasteiger partial charge is 0.477 e. The lowest BCUT2D eigenvalue weighted by Gasteiger charge is -2.39. The number of carbonyl (C=O) groups is 2. The average Bonchev–Trinajstić information content (AvgIpc) is 3.26. The van der Waals surface area contributed by atoms with Crippen molar-refractivity contribution >= 4 is 34.5 Å². The van der Waals surface area contributed by atoms with E-state index in [1.54, 1.807) is 7.11 Å². The normalized spacial score (nSPS) is 28.8. The molecule has 6 heteroatoms. The summed E-state index contributed by atoms with van der Waals surface area (Å²) < 4.78 is 5.56. The molecule has 3 aliphatic carbocycles. The van der Waals surface area contributed by atoms with E-state index in [2.05, 4.69) is 13.0 Å². The van der Waals surface area contributed by atoms with Gasteiger partial charge in [-0.2, -0.15) is 0 Å². The van der Waals surface area contributed by atoms with Gasteiger partial charge in [-0.15, -0.1) is 11.3 Å². The molecule has 0 spiro atoms. The zero-order valence-corrected chi connectivity index (χ0v) is 20.3. The molecule has 0 bridgehead atoms. The van der Waals surface area contributed by atoms with Gasteiger partial charge in [-0.25, -0.2) is 4.79 Å². The maximum absolute atomic E-state index is 13.9. The average molecular weight is 460 g/mol. The van der Waals surface area contributed by atoms with Crippen molar-refractivity contribution in [1.29, 1.82) is 0 Å². The van der Waals surface area contributed by atoms with Crippen LogP contribution < -0.4 is 4.90 Å². The molecule has 5 nitrogen and oxygen atoms in total. The number of amides is 1. The minimum Gasteiger partial charge on any atom is -0.477 e. The third-order valence-corrected chi connectivity index (χ3v) is 8.91. The summed E-state index contributed by atoms with van der Waals surface area (Å²) in [4.78, 5) is 29.4. The summed E-state index contributed by atoms with van der Waals surface area (Å²) >= 11 is 1.35. The van der Waals surface area contributed by atoms with Gasteiger partial charge in [-0.05, 0) is 94.6 Å². The number of rotatable bonds is 6. The highest BCUT2D eigenvalue weighted by atomic mass is 32.1. The first-order valence-corrected chi connectivity index (χ1v) is 13.2. The van der Waals surface area contributed by atoms with E-state index in [1.165, 1.54) is 23.3 Å². The van der Waals surface area contributed by atoms with E-state index >= 15 is 0 Å². The first-order valence-electron chi connectivity index (χ1n) is 12.4. The molecular weight excluding hydrogens is 422 g/mol. The van der Waals surface area contributed by atoms with Gasteiger partial charge in [0.2, 0.25) is 5.91 Å². The highest BCUT2D eigenvalue weighted by Gasteiger charge is 2.37. The summed E-state index contributed by atoms with van der Waals surface area (Å²) in [5, 5.41) is 10.1. The third kappa shape index (κ3) is 5.12. The number of carbonyl (C=O) groups excluding carboxylic acids is 1. The van der Waals surface area contributed by atoms with Crippen LogP contribution in [-0.2, 0) is 9.53 Å². The molecule has 3 aliphatic rings. The van der Waals surface area contributed by atoms with Gasteiger partial charge in [0.1, 0.15) is 4.88 Å². The molecular formula is C26H37NO4S. The van der Waals surface area contributed by atoms with Crippen LogP contribution in [0.25, 0.3) is 5.57 Å². The Morgan fingerprint density at radius 1 is 1.06 bits per heavy atom. The van der Waals surface area contributed by atoms with Crippen LogP contribution in [0.3, 0.4) is 0 Å². The molecule has 2 fully saturated rings. The smallest absolute Gasteiger partial charge is 0.348 e. The van der Waals surface area contributed by atoms with E-state index in [9.17, 15) is 14.7 Å². The minimum atomic E-state index is -0.923. The fourth-order valence-electron chi connectivity index (χ4n) is 5.67. The number of ether oxygens (including phenoxy) is 1. The monoisotopic (exact) mass is 459 g/mol. The molecule has 0 unspecified atom stereocenters. The molecule has 0 aliphatic heterocycles. The number of methoxy groups -OCH3 is 1. The molecule has 4 rings (SSSR count). The van der Waals surface area contributed by atoms with Crippen molar-refractivity contribution in [3.05, 3.63) is 21.9 Å². The summed E-state index contributed by atoms with van der Waals surface area (Å²) in [6.45, 7) is 2.26. The zero-order valence-electron chi connectivity index (χ0n) is 19.5. The van der Waals surface area contributed by atoms with E-state index in [0.717, 1.165) is 75.5 Å². The van der Waals surface area contributed by atoms with Crippen molar-refractivity contribution in [2.45, 2.75) is 96.1 Å². The molecule has 0 saturated heterocycles. The van der Waals surface area contributed by atoms with E-state index < -0.39 is 5.97 Å². The number of anilines is 1. The number of hydrogen-bond donors (Lipinski definition) is 1. The molecule has 0 aromatic carbocycles. The van der Waals surface area contributed by atoms with Crippen LogP contribution in [0.1, 0.15) is 98.5 Å². The molecule has 176 valence electrons. The summed E-state index contributed by atoms with van der Waals surface area (Å²) in [7, 11) is 1.75. The van der Waals surface area contributed by atoms with Crippen molar-refractivity contribution in [3.63, 3.8) is 0 Å². The number of aromatic carboxylic acids is 1. The van der Waals surface area contributed by atoms with Crippen LogP contribution in [-0.4, -0.2) is 36.2 Å². The number of carboxylic acids is 1. The van der Waals surface area contributed by atoms with Gasteiger partial charge in [-0.1, -0.05) is 13.0 Å². The van der Waals surface area contributed by atoms with Crippen molar-refractivity contribution < 1.29 is 19.4 Å². The Bertz CT molecular complexity index is 844. The van der Waals surface area contributed by atoms with Crippen LogP contribution >= 0.6 is 11.3 Å². The first-order chi connectivity index (χ1) is 15.5. The van der Waals surface area contributed by atoms with Crippen molar-refractivity contribution in [2.75, 3.05) is 12.0 Å². The van der Waals surface area contributed by atoms with Crippen LogP contribution in [0.15, 0.2) is 12.1 Å². The van der Waals surface area contributed by atoms with Gasteiger partial charge in [0, 0.05) is 23.9 Å². The van der Waals surface area contributed by atoms with E-state index in [-0.39, 0.29) is 24.0 Å². The van der Waals surface area contributed by atoms with Gasteiger partial charge in [0.05, 0.1) is 11.8 Å². The number of hydrogen-bond acceptors (Lipinski definition) is 4. The van der Waals surface area contributed by atoms with Crippen LogP contribution in [0.4, 0.5) is 5.69 Å². The zero-order chi connectivity index (χ0) is 22.7. The second-order valence-corrected chi connectivity index (χ2v) is 11.0. The second-order valence-electron chi connectivity index (χ2n) is 9.94. The van der Waals surface area contributed by atoms with Gasteiger partial charge in [-0.3, -0.25) is 4.79 Å². The Kier molecular flexibility index (Phi) is 7.72. The lowest BCUT2D eigenvalue weighted by Crippen LogP contribution is -2.47. The van der Waals surface area contributed by atoms with Gasteiger partial charge < -0.3 is 14.7 Å². The second kappa shape index (κ2) is 10.5. The number of nitrogens with zero attached hydrogens (tertiary/aromatic N) is 1. The standard InChI is InChI=1S/C26H37NO4S/c1-17-8-10-19(11-9-17)25(28)27(20-12-14-21(31-2)15-13-20)22-16-23(32-24(22)26(29)30)18-6-4-3-5-7-18/h6,16-17,19-21H,3-5,7-15H2,1-2H3,(H,29,30)/t17?,19?,20-,21+. The summed E-state index contributed by atoms with van der Waals surface area (Å²) in [6, 6.07) is 2.06. The molecule has 1 heterocycles. The Morgan fingerprint density at radius 3 is 2.38 bits per heavy atom. The van der Waals surface area contributed by atoms with Crippen molar-refractivity contribution in [2.24, 2.45) is 11.8 Å². The van der Waals surface area contributed by atoms with E-state index in [4.69, 9.17) is 4.74 Å². The fourth-order valence-corrected chi connectivity index (χ4v) is 6.73. The highest BCUT2D eigenvalue weighted by molar-refractivity contribution is 7.15. The lowest BCUT2D eigenvalue weighted by molar-refractivity contribution is -0.124. The van der Waals surface area contributed by atoms with Crippen LogP contribution in [0.2, 0.25) is 0 Å². The fraction of sp³-hybridized carbons (Fsp3) is 0.692. The lowest BCUT2D eigenvalue weighted by atomic mass is 9.81. The van der Waals surface area contributed by atoms with E-state index in [1.807, 2.05) is 11.0 Å². The van der Waals surface area contributed by atoms with E-state index in [0.29, 0.717) is 16.5 Å². The number of allylic oxidation sites excluding steroid dienone is 2. The molecule has 0 radical (unpaired) electrons. The molecule has 1 N–H and O–H groups in total. The van der Waals surface area contributed by atoms with Crippen LogP contribution in [0, 0.1) is 11.8 Å². The minimum absolute atomic E-state index is 0.00485. The Hall–Kier alpha value is -1.66. The quantitative estimate of drug-likeness (QED) is 0.526. The molecule has 0 atom stereocenters. The number of carboxylic acid groups (broad SMARTS) is 1. The predicted molar refractivity (Wildman–Crippen MR) is 129 cm³/mol. The highest BCUT2D eigenvalue weighted by Crippen LogP contribution is 2.42. The Labute approximate surface area is 195 Å². The van der Waals surface area contributed by atoms with Gasteiger partial charge in [0.15, 0.2) is 0 Å². The molecule has 1 amide bonds. The summed E-state index contributed by atoms with van der Waals surface area (Å²) in [6.07, 6.45) is 14.4. The topological polar surface area (TPSA) is 66.8 Å². The Balaban J connectivity index is 1.68. The first kappa shape index (κ1) is 23.5. The third-order valence-electron chi connectivity index (χ3n) is 7.72. The molecule has 2 saturated carbocycles. The molecule has 1 aromatic rings. The van der Waals surface area contributed by atoms with Gasteiger partial charge >= 0.3 is 5.97 Å². The molecule has 1 aromatic heterocycles. The maximum atomic E-state index is 13.9. The van der Waals surface area contributed by atoms with Crippen LogP contribution in [0.5, 0.6) is 0 Å². The SMILES string of the molecule is CO[C@H]1CC[C@@H](N(C(=O)C2CCC(C)CC2)c2cc(C3=CCCCC3)sc2C(=O)O)CC1. The Morgan fingerprint density at radius 2 is 1.78 bits per heavy atom. The summed E-state index contributed by atoms with van der Waals surface area (Å²) in [5.41, 5.74) is 1.88. The summed E-state index contributed by atoms with van der Waals surface area (Å²) in [5.74, 6) is -0.106. The van der Waals surface area contributed by atoms with Crippen molar-refractivity contribution in [1.82, 2.24) is 0 Å². The van der Waals surface area contributed by atoms with Crippen molar-refractivity contribution in [3.8, 4) is 0 Å².